The number of halogens is 2. The minimum atomic E-state index is -3.35. The lowest BCUT2D eigenvalue weighted by atomic mass is 9.77. The maximum atomic E-state index is 14.4. The third-order valence-corrected chi connectivity index (χ3v) is 8.95. The molecule has 4 atom stereocenters. The van der Waals surface area contributed by atoms with Gasteiger partial charge in [-0.3, -0.25) is 0 Å². The van der Waals surface area contributed by atoms with Gasteiger partial charge in [-0.15, -0.1) is 0 Å². The summed E-state index contributed by atoms with van der Waals surface area (Å²) < 4.78 is 39.1. The number of hydrogen-bond donors (Lipinski definition) is 0. The zero-order valence-electron chi connectivity index (χ0n) is 23.6. The Balaban J connectivity index is 1.88. The van der Waals surface area contributed by atoms with Gasteiger partial charge in [0, 0.05) is 13.5 Å². The van der Waals surface area contributed by atoms with Crippen molar-refractivity contribution in [1.82, 2.24) is 0 Å². The average Bonchev–Trinajstić information content (AvgIpc) is 2.86. The van der Waals surface area contributed by atoms with Crippen LogP contribution in [0.3, 0.4) is 0 Å². The standard InChI is InChI=1S/C31H56F2O3/c1-3-36-30(34)31(32,33)25-26-17-9-4-5-11-19-27(21-13-8-10-18-26)28-20-12-6-7-14-23-29(35-2)24-16-15-22-28/h26-29H,3-25H2,1-2H3/t26?,27?,28?,29-/m0/s1. The molecule has 2 rings (SSSR count). The van der Waals surface area contributed by atoms with E-state index in [1.165, 1.54) is 96.3 Å². The molecule has 0 amide bonds. The Morgan fingerprint density at radius 3 is 1.53 bits per heavy atom. The number of rotatable bonds is 6. The largest absolute Gasteiger partial charge is 0.462 e. The lowest BCUT2D eigenvalue weighted by molar-refractivity contribution is -0.174. The van der Waals surface area contributed by atoms with E-state index in [0.717, 1.165) is 50.4 Å². The molecule has 5 heteroatoms. The summed E-state index contributed by atoms with van der Waals surface area (Å²) in [5, 5.41) is 0. The molecule has 3 unspecified atom stereocenters. The second kappa shape index (κ2) is 18.5. The highest BCUT2D eigenvalue weighted by atomic mass is 19.3. The van der Waals surface area contributed by atoms with Crippen LogP contribution in [0.1, 0.15) is 148 Å². The SMILES string of the molecule is CCOC(=O)C(F)(F)CC1CCCCCCC(C2CCCCCC[C@H](OC)CCCC2)CCCCC1. The first kappa shape index (κ1) is 31.5. The highest BCUT2D eigenvalue weighted by molar-refractivity contribution is 5.77. The second-order valence-corrected chi connectivity index (χ2v) is 11.8. The van der Waals surface area contributed by atoms with Gasteiger partial charge >= 0.3 is 11.9 Å². The number of hydrogen-bond acceptors (Lipinski definition) is 3. The molecule has 0 spiro atoms. The lowest BCUT2D eigenvalue weighted by Crippen LogP contribution is -2.33. The smallest absolute Gasteiger partial charge is 0.376 e. The molecule has 0 aromatic carbocycles. The molecular formula is C31H56F2O3. The van der Waals surface area contributed by atoms with E-state index in [4.69, 9.17) is 4.74 Å². The van der Waals surface area contributed by atoms with E-state index in [9.17, 15) is 13.6 Å². The van der Waals surface area contributed by atoms with Crippen LogP contribution in [-0.2, 0) is 14.3 Å². The number of methoxy groups -OCH3 is 1. The first-order valence-electron chi connectivity index (χ1n) is 15.5. The molecule has 2 fully saturated rings. The van der Waals surface area contributed by atoms with Crippen LogP contribution in [0.5, 0.6) is 0 Å². The summed E-state index contributed by atoms with van der Waals surface area (Å²) >= 11 is 0. The van der Waals surface area contributed by atoms with Crippen LogP contribution >= 0.6 is 0 Å². The fourth-order valence-electron chi connectivity index (χ4n) is 6.76. The molecule has 2 aliphatic carbocycles. The van der Waals surface area contributed by atoms with Gasteiger partial charge in [0.15, 0.2) is 0 Å². The molecule has 0 aromatic rings. The summed E-state index contributed by atoms with van der Waals surface area (Å²) in [6.07, 6.45) is 25.5. The summed E-state index contributed by atoms with van der Waals surface area (Å²) in [5.41, 5.74) is 0. The van der Waals surface area contributed by atoms with Crippen LogP contribution in [0.4, 0.5) is 8.78 Å². The van der Waals surface area contributed by atoms with Crippen LogP contribution < -0.4 is 0 Å². The quantitative estimate of drug-likeness (QED) is 0.331. The Morgan fingerprint density at radius 1 is 0.667 bits per heavy atom. The highest BCUT2D eigenvalue weighted by Crippen LogP contribution is 2.36. The van der Waals surface area contributed by atoms with E-state index in [1.54, 1.807) is 6.92 Å². The minimum absolute atomic E-state index is 0.00885. The van der Waals surface area contributed by atoms with Gasteiger partial charge in [-0.25, -0.2) is 4.79 Å². The molecular weight excluding hydrogens is 458 g/mol. The first-order chi connectivity index (χ1) is 17.5. The molecule has 0 aliphatic heterocycles. The molecule has 0 saturated heterocycles. The van der Waals surface area contributed by atoms with Gasteiger partial charge < -0.3 is 9.47 Å². The number of alkyl halides is 2. The van der Waals surface area contributed by atoms with Crippen molar-refractivity contribution in [2.75, 3.05) is 13.7 Å². The van der Waals surface area contributed by atoms with E-state index in [2.05, 4.69) is 4.74 Å². The molecule has 212 valence electrons. The number of carbonyl (C=O) groups excluding carboxylic acids is 1. The van der Waals surface area contributed by atoms with Gasteiger partial charge in [0.2, 0.25) is 0 Å². The maximum Gasteiger partial charge on any atom is 0.376 e. The van der Waals surface area contributed by atoms with Crippen LogP contribution in [0.15, 0.2) is 0 Å². The van der Waals surface area contributed by atoms with E-state index < -0.39 is 11.9 Å². The van der Waals surface area contributed by atoms with Gasteiger partial charge in [0.1, 0.15) is 0 Å². The van der Waals surface area contributed by atoms with Gasteiger partial charge in [-0.05, 0) is 37.5 Å². The van der Waals surface area contributed by atoms with Gasteiger partial charge in [-0.2, -0.15) is 8.78 Å². The van der Waals surface area contributed by atoms with Crippen LogP contribution in [0.25, 0.3) is 0 Å². The molecule has 36 heavy (non-hydrogen) atoms. The summed E-state index contributed by atoms with van der Waals surface area (Å²) in [6, 6.07) is 0. The molecule has 2 aliphatic rings. The Morgan fingerprint density at radius 2 is 1.06 bits per heavy atom. The fraction of sp³-hybridized carbons (Fsp3) is 0.968. The zero-order valence-corrected chi connectivity index (χ0v) is 23.6. The molecule has 3 nitrogen and oxygen atoms in total. The van der Waals surface area contributed by atoms with Gasteiger partial charge in [0.05, 0.1) is 12.7 Å². The van der Waals surface area contributed by atoms with E-state index in [-0.39, 0.29) is 18.9 Å². The van der Waals surface area contributed by atoms with E-state index in [1.807, 2.05) is 7.11 Å². The second-order valence-electron chi connectivity index (χ2n) is 11.8. The monoisotopic (exact) mass is 514 g/mol. The van der Waals surface area contributed by atoms with Crippen molar-refractivity contribution in [3.05, 3.63) is 0 Å². The number of ether oxygens (including phenoxy) is 2. The lowest BCUT2D eigenvalue weighted by Gasteiger charge is -2.29. The van der Waals surface area contributed by atoms with Gasteiger partial charge in [0.25, 0.3) is 0 Å². The highest BCUT2D eigenvalue weighted by Gasteiger charge is 2.42. The molecule has 2 saturated carbocycles. The molecule has 0 aromatic heterocycles. The Bertz CT molecular complexity index is 568. The average molecular weight is 515 g/mol. The van der Waals surface area contributed by atoms with E-state index in [0.29, 0.717) is 6.10 Å². The van der Waals surface area contributed by atoms with Gasteiger partial charge in [-0.1, -0.05) is 122 Å². The number of carbonyl (C=O) groups is 1. The van der Waals surface area contributed by atoms with Crippen molar-refractivity contribution >= 4 is 5.97 Å². The molecule has 0 bridgehead atoms. The maximum absolute atomic E-state index is 14.4. The summed E-state index contributed by atoms with van der Waals surface area (Å²) in [5.74, 6) is -3.09. The third-order valence-electron chi connectivity index (χ3n) is 8.95. The van der Waals surface area contributed by atoms with Crippen molar-refractivity contribution in [2.45, 2.75) is 160 Å². The Hall–Kier alpha value is -0.710. The predicted molar refractivity (Wildman–Crippen MR) is 144 cm³/mol. The molecule has 0 radical (unpaired) electrons. The van der Waals surface area contributed by atoms with E-state index >= 15 is 0 Å². The van der Waals surface area contributed by atoms with Crippen molar-refractivity contribution < 1.29 is 23.0 Å². The third kappa shape index (κ3) is 12.7. The van der Waals surface area contributed by atoms with Crippen LogP contribution in [-0.4, -0.2) is 31.7 Å². The fourth-order valence-corrected chi connectivity index (χ4v) is 6.76. The van der Waals surface area contributed by atoms with Crippen molar-refractivity contribution in [3.63, 3.8) is 0 Å². The van der Waals surface area contributed by atoms with Crippen LogP contribution in [0.2, 0.25) is 0 Å². The zero-order chi connectivity index (χ0) is 26.1. The van der Waals surface area contributed by atoms with Crippen molar-refractivity contribution in [1.29, 1.82) is 0 Å². The van der Waals surface area contributed by atoms with Crippen molar-refractivity contribution in [2.24, 2.45) is 17.8 Å². The predicted octanol–water partition coefficient (Wildman–Crippen LogP) is 9.66. The summed E-state index contributed by atoms with van der Waals surface area (Å²) in [7, 11) is 1.88. The topological polar surface area (TPSA) is 35.5 Å². The Labute approximate surface area is 220 Å². The van der Waals surface area contributed by atoms with Crippen LogP contribution in [0, 0.1) is 17.8 Å². The molecule has 0 heterocycles. The Kier molecular flexibility index (Phi) is 16.2. The summed E-state index contributed by atoms with van der Waals surface area (Å²) in [6.45, 7) is 1.59. The minimum Gasteiger partial charge on any atom is -0.462 e. The van der Waals surface area contributed by atoms with Crippen molar-refractivity contribution in [3.8, 4) is 0 Å². The number of esters is 1. The summed E-state index contributed by atoms with van der Waals surface area (Å²) in [4.78, 5) is 11.7. The first-order valence-corrected chi connectivity index (χ1v) is 15.5. The normalized spacial score (nSPS) is 29.4. The molecule has 0 N–H and O–H groups in total.